The molecule has 0 bridgehead atoms. The molecule has 0 unspecified atom stereocenters. The van der Waals surface area contributed by atoms with Crippen LogP contribution in [0.25, 0.3) is 0 Å². The lowest BCUT2D eigenvalue weighted by Gasteiger charge is -2.05. The zero-order valence-corrected chi connectivity index (χ0v) is 12.8. The third kappa shape index (κ3) is 4.79. The lowest BCUT2D eigenvalue weighted by atomic mass is 10.2. The highest BCUT2D eigenvalue weighted by Crippen LogP contribution is 2.19. The van der Waals surface area contributed by atoms with Crippen molar-refractivity contribution in [2.75, 3.05) is 11.9 Å². The van der Waals surface area contributed by atoms with Crippen molar-refractivity contribution in [3.8, 4) is 5.75 Å². The van der Waals surface area contributed by atoms with Gasteiger partial charge in [-0.15, -0.1) is 0 Å². The largest absolute Gasteiger partial charge is 0.507 e. The van der Waals surface area contributed by atoms with E-state index in [1.54, 1.807) is 12.1 Å². The number of nitrogens with zero attached hydrogens (tertiary/aromatic N) is 1. The molecule has 2 aromatic rings. The molecule has 1 amide bonds. The molecule has 114 valence electrons. The SMILES string of the molecule is Cc1ccc(NCC(=O)NN=Cc2cc(Cl)ccc2O)cc1. The number of aromatic hydroxyl groups is 1. The van der Waals surface area contributed by atoms with Gasteiger partial charge >= 0.3 is 0 Å². The predicted octanol–water partition coefficient (Wildman–Crippen LogP) is 2.92. The van der Waals surface area contributed by atoms with Gasteiger partial charge in [0.1, 0.15) is 5.75 Å². The second kappa shape index (κ2) is 7.47. The van der Waals surface area contributed by atoms with Crippen LogP contribution >= 0.6 is 11.6 Å². The summed E-state index contributed by atoms with van der Waals surface area (Å²) < 4.78 is 0. The normalized spacial score (nSPS) is 10.6. The Balaban J connectivity index is 1.83. The average Bonchev–Trinajstić information content (AvgIpc) is 2.50. The second-order valence-corrected chi connectivity index (χ2v) is 5.15. The molecular weight excluding hydrogens is 302 g/mol. The van der Waals surface area contributed by atoms with E-state index in [4.69, 9.17) is 11.6 Å². The van der Waals surface area contributed by atoms with Crippen LogP contribution in [0.4, 0.5) is 5.69 Å². The summed E-state index contributed by atoms with van der Waals surface area (Å²) in [7, 11) is 0. The van der Waals surface area contributed by atoms with Crippen LogP contribution < -0.4 is 10.7 Å². The number of rotatable bonds is 5. The topological polar surface area (TPSA) is 73.7 Å². The number of amides is 1. The number of halogens is 1. The summed E-state index contributed by atoms with van der Waals surface area (Å²) in [5.41, 5.74) is 4.82. The van der Waals surface area contributed by atoms with Crippen LogP contribution in [-0.4, -0.2) is 23.8 Å². The molecule has 0 spiro atoms. The Morgan fingerprint density at radius 2 is 2.00 bits per heavy atom. The van der Waals surface area contributed by atoms with Crippen LogP contribution in [0.15, 0.2) is 47.6 Å². The maximum absolute atomic E-state index is 11.6. The highest BCUT2D eigenvalue weighted by molar-refractivity contribution is 6.30. The summed E-state index contributed by atoms with van der Waals surface area (Å²) >= 11 is 5.82. The first kappa shape index (κ1) is 15.9. The van der Waals surface area contributed by atoms with Crippen molar-refractivity contribution >= 4 is 29.4 Å². The molecule has 0 aliphatic heterocycles. The molecule has 0 fully saturated rings. The number of phenolic OH excluding ortho intramolecular Hbond substituents is 1. The Kier molecular flexibility index (Phi) is 5.38. The van der Waals surface area contributed by atoms with Gasteiger partial charge in [-0.25, -0.2) is 5.43 Å². The van der Waals surface area contributed by atoms with Crippen molar-refractivity contribution in [2.45, 2.75) is 6.92 Å². The quantitative estimate of drug-likeness (QED) is 0.586. The summed E-state index contributed by atoms with van der Waals surface area (Å²) in [5, 5.41) is 16.8. The number of anilines is 1. The van der Waals surface area contributed by atoms with Crippen LogP contribution in [0, 0.1) is 6.92 Å². The van der Waals surface area contributed by atoms with E-state index in [2.05, 4.69) is 15.8 Å². The molecule has 0 aliphatic carbocycles. The Morgan fingerprint density at radius 1 is 1.27 bits per heavy atom. The predicted molar refractivity (Wildman–Crippen MR) is 88.5 cm³/mol. The third-order valence-electron chi connectivity index (χ3n) is 2.89. The van der Waals surface area contributed by atoms with Gasteiger partial charge in [-0.2, -0.15) is 5.10 Å². The molecule has 0 atom stereocenters. The van der Waals surface area contributed by atoms with E-state index in [0.29, 0.717) is 10.6 Å². The first-order valence-corrected chi connectivity index (χ1v) is 7.03. The van der Waals surface area contributed by atoms with Crippen LogP contribution in [0.5, 0.6) is 5.75 Å². The maximum Gasteiger partial charge on any atom is 0.259 e. The molecule has 3 N–H and O–H groups in total. The average molecular weight is 318 g/mol. The van der Waals surface area contributed by atoms with Gasteiger partial charge in [-0.3, -0.25) is 4.79 Å². The molecule has 0 saturated carbocycles. The minimum Gasteiger partial charge on any atom is -0.507 e. The van der Waals surface area contributed by atoms with Crippen molar-refractivity contribution in [2.24, 2.45) is 5.10 Å². The minimum atomic E-state index is -0.293. The zero-order chi connectivity index (χ0) is 15.9. The number of hydrazone groups is 1. The molecule has 5 nitrogen and oxygen atoms in total. The van der Waals surface area contributed by atoms with E-state index in [1.807, 2.05) is 31.2 Å². The fourth-order valence-electron chi connectivity index (χ4n) is 1.70. The van der Waals surface area contributed by atoms with E-state index in [0.717, 1.165) is 11.3 Å². The van der Waals surface area contributed by atoms with Crippen molar-refractivity contribution in [1.29, 1.82) is 0 Å². The zero-order valence-electron chi connectivity index (χ0n) is 12.0. The van der Waals surface area contributed by atoms with E-state index in [-0.39, 0.29) is 18.2 Å². The Bertz CT molecular complexity index is 684. The molecule has 0 aromatic heterocycles. The van der Waals surface area contributed by atoms with Gasteiger partial charge in [0.2, 0.25) is 0 Å². The molecule has 6 heteroatoms. The van der Waals surface area contributed by atoms with Crippen molar-refractivity contribution in [3.63, 3.8) is 0 Å². The van der Waals surface area contributed by atoms with Gasteiger partial charge in [-0.1, -0.05) is 29.3 Å². The minimum absolute atomic E-state index is 0.0418. The first-order valence-electron chi connectivity index (χ1n) is 6.65. The number of nitrogens with one attached hydrogen (secondary N) is 2. The van der Waals surface area contributed by atoms with E-state index < -0.39 is 0 Å². The highest BCUT2D eigenvalue weighted by Gasteiger charge is 2.01. The Hall–Kier alpha value is -2.53. The molecule has 0 radical (unpaired) electrons. The van der Waals surface area contributed by atoms with Gasteiger partial charge in [0.05, 0.1) is 12.8 Å². The molecule has 0 aliphatic rings. The molecule has 22 heavy (non-hydrogen) atoms. The van der Waals surface area contributed by atoms with Gasteiger partial charge in [0.15, 0.2) is 0 Å². The third-order valence-corrected chi connectivity index (χ3v) is 3.12. The van der Waals surface area contributed by atoms with E-state index in [1.165, 1.54) is 12.3 Å². The van der Waals surface area contributed by atoms with Gasteiger partial charge in [-0.05, 0) is 37.3 Å². The monoisotopic (exact) mass is 317 g/mol. The summed E-state index contributed by atoms with van der Waals surface area (Å²) in [6.07, 6.45) is 1.34. The maximum atomic E-state index is 11.6. The van der Waals surface area contributed by atoms with E-state index >= 15 is 0 Å². The summed E-state index contributed by atoms with van der Waals surface area (Å²) in [5.74, 6) is -0.251. The fourth-order valence-corrected chi connectivity index (χ4v) is 1.88. The number of aryl methyl sites for hydroxylation is 1. The Morgan fingerprint density at radius 3 is 2.73 bits per heavy atom. The Labute approximate surface area is 133 Å². The van der Waals surface area contributed by atoms with Crippen molar-refractivity contribution < 1.29 is 9.90 Å². The number of hydrogen-bond donors (Lipinski definition) is 3. The first-order chi connectivity index (χ1) is 10.5. The fraction of sp³-hybridized carbons (Fsp3) is 0.125. The highest BCUT2D eigenvalue weighted by atomic mass is 35.5. The molecule has 2 aromatic carbocycles. The van der Waals surface area contributed by atoms with Crippen LogP contribution in [-0.2, 0) is 4.79 Å². The number of carbonyl (C=O) groups excluding carboxylic acids is 1. The summed E-state index contributed by atoms with van der Waals surface area (Å²) in [6.45, 7) is 2.10. The van der Waals surface area contributed by atoms with Gasteiger partial charge < -0.3 is 10.4 Å². The molecule has 2 rings (SSSR count). The number of carbonyl (C=O) groups is 1. The van der Waals surface area contributed by atoms with Crippen LogP contribution in [0.3, 0.4) is 0 Å². The summed E-state index contributed by atoms with van der Waals surface area (Å²) in [4.78, 5) is 11.6. The molecule has 0 saturated heterocycles. The number of hydrogen-bond acceptors (Lipinski definition) is 4. The van der Waals surface area contributed by atoms with Crippen LogP contribution in [0.2, 0.25) is 5.02 Å². The van der Waals surface area contributed by atoms with Gasteiger partial charge in [0, 0.05) is 16.3 Å². The van der Waals surface area contributed by atoms with E-state index in [9.17, 15) is 9.90 Å². The second-order valence-electron chi connectivity index (χ2n) is 4.72. The van der Waals surface area contributed by atoms with Crippen molar-refractivity contribution in [1.82, 2.24) is 5.43 Å². The smallest absolute Gasteiger partial charge is 0.259 e. The van der Waals surface area contributed by atoms with Crippen molar-refractivity contribution in [3.05, 3.63) is 58.6 Å². The number of phenols is 1. The van der Waals surface area contributed by atoms with Crippen LogP contribution in [0.1, 0.15) is 11.1 Å². The summed E-state index contributed by atoms with van der Waals surface area (Å²) in [6, 6.07) is 12.3. The lowest BCUT2D eigenvalue weighted by molar-refractivity contribution is -0.119. The standard InChI is InChI=1S/C16H16ClN3O2/c1-11-2-5-14(6-3-11)18-10-16(22)20-19-9-12-8-13(17)4-7-15(12)21/h2-9,18,21H,10H2,1H3,(H,20,22). The lowest BCUT2D eigenvalue weighted by Crippen LogP contribution is -2.25. The molecular formula is C16H16ClN3O2. The van der Waals surface area contributed by atoms with Gasteiger partial charge in [0.25, 0.3) is 5.91 Å². The molecule has 0 heterocycles. The number of benzene rings is 2.